The maximum atomic E-state index is 12.4. The van der Waals surface area contributed by atoms with E-state index in [1.165, 1.54) is 24.3 Å². The average Bonchev–Trinajstić information content (AvgIpc) is 3.24. The number of nitrogens with two attached hydrogens (primary N) is 1. The normalized spacial score (nSPS) is 10.2. The van der Waals surface area contributed by atoms with Crippen LogP contribution in [0, 0.1) is 10.1 Å². The predicted octanol–water partition coefficient (Wildman–Crippen LogP) is 8.29. The van der Waals surface area contributed by atoms with Gasteiger partial charge in [0.1, 0.15) is 26.4 Å². The lowest BCUT2D eigenvalue weighted by atomic mass is 10.1. The standard InChI is InChI=1S/C22H17NO6.C22H19NO4/c24-21(28-14-16-7-3-1-4-8-16)18-11-19(13-20(12-18)23(26)27)22(25)29-15-17-9-5-2-6-10-17;23-20-12-18(21(24)26-14-16-7-3-1-4-8-16)11-19(13-20)22(25)27-15-17-9-5-2-6-10-17/h1-13H,14-15H2;1-13H,14-15,23H2. The fourth-order valence-electron chi connectivity index (χ4n) is 5.07. The first-order valence-electron chi connectivity index (χ1n) is 17.2. The van der Waals surface area contributed by atoms with Crippen molar-refractivity contribution in [2.75, 3.05) is 5.73 Å². The molecule has 0 bridgehead atoms. The lowest BCUT2D eigenvalue weighted by Crippen LogP contribution is -2.10. The van der Waals surface area contributed by atoms with Crippen molar-refractivity contribution in [1.82, 2.24) is 0 Å². The summed E-state index contributed by atoms with van der Waals surface area (Å²) in [7, 11) is 0. The second kappa shape index (κ2) is 20.0. The molecule has 0 saturated heterocycles. The summed E-state index contributed by atoms with van der Waals surface area (Å²) in [5.74, 6) is -2.64. The van der Waals surface area contributed by atoms with Crippen LogP contribution in [0.15, 0.2) is 158 Å². The molecule has 282 valence electrons. The van der Waals surface area contributed by atoms with Crippen molar-refractivity contribution < 1.29 is 43.0 Å². The molecule has 6 aromatic rings. The zero-order valence-corrected chi connectivity index (χ0v) is 29.9. The molecular weight excluding hydrogens is 716 g/mol. The quantitative estimate of drug-likeness (QED) is 0.0395. The van der Waals surface area contributed by atoms with E-state index in [1.54, 1.807) is 48.5 Å². The van der Waals surface area contributed by atoms with Crippen LogP contribution in [0.2, 0.25) is 0 Å². The fourth-order valence-corrected chi connectivity index (χ4v) is 5.07. The van der Waals surface area contributed by atoms with Gasteiger partial charge in [0.25, 0.3) is 5.69 Å². The number of anilines is 1. The molecule has 0 unspecified atom stereocenters. The van der Waals surface area contributed by atoms with E-state index in [0.29, 0.717) is 0 Å². The fraction of sp³-hybridized carbons (Fsp3) is 0.0909. The predicted molar refractivity (Wildman–Crippen MR) is 206 cm³/mol. The van der Waals surface area contributed by atoms with Gasteiger partial charge in [-0.3, -0.25) is 10.1 Å². The molecule has 0 fully saturated rings. The van der Waals surface area contributed by atoms with Crippen molar-refractivity contribution in [3.8, 4) is 0 Å². The number of non-ortho nitro benzene ring substituents is 1. The Morgan fingerprint density at radius 2 is 0.679 bits per heavy atom. The highest BCUT2D eigenvalue weighted by Gasteiger charge is 2.20. The van der Waals surface area contributed by atoms with Crippen LogP contribution in [0.5, 0.6) is 0 Å². The summed E-state index contributed by atoms with van der Waals surface area (Å²) in [6, 6.07) is 44.4. The van der Waals surface area contributed by atoms with Crippen LogP contribution in [0.25, 0.3) is 0 Å². The van der Waals surface area contributed by atoms with Gasteiger partial charge in [0.15, 0.2) is 0 Å². The summed E-state index contributed by atoms with van der Waals surface area (Å²) in [6.45, 7) is 0.302. The van der Waals surface area contributed by atoms with Crippen molar-refractivity contribution in [3.05, 3.63) is 212 Å². The lowest BCUT2D eigenvalue weighted by Gasteiger charge is -2.09. The molecule has 2 N–H and O–H groups in total. The zero-order chi connectivity index (χ0) is 39.7. The number of carbonyl (C=O) groups excluding carboxylic acids is 4. The Bertz CT molecular complexity index is 2120. The van der Waals surface area contributed by atoms with Crippen LogP contribution in [-0.4, -0.2) is 28.8 Å². The molecule has 12 nitrogen and oxygen atoms in total. The highest BCUT2D eigenvalue weighted by atomic mass is 16.6. The topological polar surface area (TPSA) is 174 Å². The van der Waals surface area contributed by atoms with Crippen molar-refractivity contribution in [2.24, 2.45) is 0 Å². The van der Waals surface area contributed by atoms with Gasteiger partial charge in [-0.25, -0.2) is 19.2 Å². The average molecular weight is 753 g/mol. The second-order valence-corrected chi connectivity index (χ2v) is 12.1. The van der Waals surface area contributed by atoms with Crippen LogP contribution in [0.4, 0.5) is 11.4 Å². The molecule has 6 rings (SSSR count). The smallest absolute Gasteiger partial charge is 0.338 e. The SMILES string of the molecule is Nc1cc(C(=O)OCc2ccccc2)cc(C(=O)OCc2ccccc2)c1.O=C(OCc1ccccc1)c1cc(C(=O)OCc2ccccc2)cc([N+](=O)[O-])c1. The van der Waals surface area contributed by atoms with Crippen LogP contribution in [0.3, 0.4) is 0 Å². The Kier molecular flexibility index (Phi) is 14.2. The number of esters is 4. The first-order chi connectivity index (χ1) is 27.1. The van der Waals surface area contributed by atoms with E-state index in [9.17, 15) is 29.3 Å². The number of benzene rings is 6. The van der Waals surface area contributed by atoms with Crippen LogP contribution in [-0.2, 0) is 45.4 Å². The number of rotatable bonds is 13. The summed E-state index contributed by atoms with van der Waals surface area (Å²) in [5.41, 5.74) is 9.23. The monoisotopic (exact) mass is 752 g/mol. The van der Waals surface area contributed by atoms with E-state index in [1.807, 2.05) is 72.8 Å². The second-order valence-electron chi connectivity index (χ2n) is 12.1. The lowest BCUT2D eigenvalue weighted by molar-refractivity contribution is -0.384. The summed E-state index contributed by atoms with van der Waals surface area (Å²) < 4.78 is 21.0. The highest BCUT2D eigenvalue weighted by molar-refractivity contribution is 5.97. The molecule has 12 heteroatoms. The van der Waals surface area contributed by atoms with Crippen LogP contribution < -0.4 is 5.73 Å². The maximum Gasteiger partial charge on any atom is 0.338 e. The summed E-state index contributed by atoms with van der Waals surface area (Å²) in [6.07, 6.45) is 0. The number of hydrogen-bond donors (Lipinski definition) is 1. The van der Waals surface area contributed by atoms with Crippen molar-refractivity contribution in [1.29, 1.82) is 0 Å². The van der Waals surface area contributed by atoms with E-state index in [4.69, 9.17) is 24.7 Å². The third-order valence-electron chi connectivity index (χ3n) is 7.88. The molecule has 0 aliphatic carbocycles. The van der Waals surface area contributed by atoms with E-state index in [-0.39, 0.29) is 54.4 Å². The molecule has 6 aromatic carbocycles. The van der Waals surface area contributed by atoms with E-state index >= 15 is 0 Å². The van der Waals surface area contributed by atoms with Crippen LogP contribution in [0.1, 0.15) is 63.7 Å². The first-order valence-corrected chi connectivity index (χ1v) is 17.2. The van der Waals surface area contributed by atoms with Gasteiger partial charge >= 0.3 is 23.9 Å². The molecule has 0 aromatic heterocycles. The minimum Gasteiger partial charge on any atom is -0.457 e. The number of carbonyl (C=O) groups is 4. The Balaban J connectivity index is 0.000000215. The summed E-state index contributed by atoms with van der Waals surface area (Å²) in [4.78, 5) is 59.8. The number of nitro benzene ring substituents is 1. The number of hydrogen-bond acceptors (Lipinski definition) is 11. The van der Waals surface area contributed by atoms with Gasteiger partial charge in [0.05, 0.1) is 27.2 Å². The Hall–Kier alpha value is -7.60. The van der Waals surface area contributed by atoms with Gasteiger partial charge in [-0.15, -0.1) is 0 Å². The summed E-state index contributed by atoms with van der Waals surface area (Å²) in [5, 5.41) is 11.2. The van der Waals surface area contributed by atoms with Gasteiger partial charge in [0.2, 0.25) is 0 Å². The Morgan fingerprint density at radius 1 is 0.429 bits per heavy atom. The largest absolute Gasteiger partial charge is 0.457 e. The van der Waals surface area contributed by atoms with Gasteiger partial charge in [-0.05, 0) is 46.5 Å². The van der Waals surface area contributed by atoms with Crippen molar-refractivity contribution >= 4 is 35.3 Å². The number of nitrogens with zero attached hydrogens (tertiary/aromatic N) is 1. The van der Waals surface area contributed by atoms with Gasteiger partial charge in [-0.2, -0.15) is 0 Å². The zero-order valence-electron chi connectivity index (χ0n) is 29.9. The molecule has 0 aliphatic rings. The van der Waals surface area contributed by atoms with Gasteiger partial charge in [0, 0.05) is 17.8 Å². The maximum absolute atomic E-state index is 12.4. The molecule has 0 radical (unpaired) electrons. The first kappa shape index (κ1) is 39.6. The van der Waals surface area contributed by atoms with Crippen molar-refractivity contribution in [2.45, 2.75) is 26.4 Å². The minimum absolute atomic E-state index is 0.0101. The molecule has 0 spiro atoms. The van der Waals surface area contributed by atoms with Gasteiger partial charge < -0.3 is 24.7 Å². The van der Waals surface area contributed by atoms with E-state index in [2.05, 4.69) is 0 Å². The molecule has 0 amide bonds. The van der Waals surface area contributed by atoms with Gasteiger partial charge in [-0.1, -0.05) is 121 Å². The third kappa shape index (κ3) is 12.2. The van der Waals surface area contributed by atoms with Crippen LogP contribution >= 0.6 is 0 Å². The van der Waals surface area contributed by atoms with E-state index < -0.39 is 34.5 Å². The summed E-state index contributed by atoms with van der Waals surface area (Å²) >= 11 is 0. The van der Waals surface area contributed by atoms with Crippen molar-refractivity contribution in [3.63, 3.8) is 0 Å². The number of nitro groups is 1. The Morgan fingerprint density at radius 3 is 0.929 bits per heavy atom. The molecule has 0 saturated carbocycles. The minimum atomic E-state index is -0.769. The molecular formula is C44H36N2O10. The number of ether oxygens (including phenoxy) is 4. The highest BCUT2D eigenvalue weighted by Crippen LogP contribution is 2.21. The Labute approximate surface area is 322 Å². The number of nitrogen functional groups attached to an aromatic ring is 1. The molecule has 56 heavy (non-hydrogen) atoms. The third-order valence-corrected chi connectivity index (χ3v) is 7.88. The molecule has 0 atom stereocenters. The molecule has 0 aliphatic heterocycles. The van der Waals surface area contributed by atoms with E-state index in [0.717, 1.165) is 34.4 Å². The molecule has 0 heterocycles.